The van der Waals surface area contributed by atoms with Crippen LogP contribution in [0.5, 0.6) is 0 Å². The Hall–Kier alpha value is -1.10. The van der Waals surface area contributed by atoms with Crippen molar-refractivity contribution in [2.75, 3.05) is 26.2 Å². The van der Waals surface area contributed by atoms with E-state index in [1.165, 1.54) is 44.9 Å². The molecule has 1 aromatic carbocycles. The molecule has 0 unspecified atom stereocenters. The van der Waals surface area contributed by atoms with Gasteiger partial charge in [-0.05, 0) is 87.1 Å². The fraction of sp³-hybridized carbons (Fsp3) is 0.720. The second kappa shape index (κ2) is 12.7. The Morgan fingerprint density at radius 2 is 1.87 bits per heavy atom. The van der Waals surface area contributed by atoms with E-state index in [1.54, 1.807) is 0 Å². The van der Waals surface area contributed by atoms with Crippen molar-refractivity contribution in [1.29, 1.82) is 0 Å². The predicted molar refractivity (Wildman–Crippen MR) is 126 cm³/mol. The minimum Gasteiger partial charge on any atom is -0.396 e. The highest BCUT2D eigenvalue weighted by Crippen LogP contribution is 2.48. The molecule has 2 fully saturated rings. The molecule has 1 aromatic rings. The average Bonchev–Trinajstić information content (AvgIpc) is 2.72. The van der Waals surface area contributed by atoms with Crippen LogP contribution in [-0.4, -0.2) is 37.3 Å². The van der Waals surface area contributed by atoms with E-state index < -0.39 is 0 Å². The largest absolute Gasteiger partial charge is 0.396 e. The first-order chi connectivity index (χ1) is 14.1. The molecule has 2 saturated carbocycles. The van der Waals surface area contributed by atoms with Gasteiger partial charge < -0.3 is 15.7 Å². The van der Waals surface area contributed by atoms with Crippen LogP contribution in [0.3, 0.4) is 0 Å². The second-order valence-electron chi connectivity index (χ2n) is 9.14. The van der Waals surface area contributed by atoms with Gasteiger partial charge in [-0.25, -0.2) is 0 Å². The van der Waals surface area contributed by atoms with Crippen LogP contribution in [0.1, 0.15) is 87.6 Å². The number of aliphatic hydroxyl groups is 1. The molecule has 170 valence electrons. The van der Waals surface area contributed by atoms with Crippen molar-refractivity contribution in [2.24, 2.45) is 11.3 Å². The summed E-state index contributed by atoms with van der Waals surface area (Å²) in [5.41, 5.74) is 2.09. The number of unbranched alkanes of at least 4 members (excludes halogenated alkanes) is 1. The topological polar surface area (TPSA) is 61.4 Å². The quantitative estimate of drug-likeness (QED) is 0.409. The van der Waals surface area contributed by atoms with E-state index in [9.17, 15) is 4.79 Å². The van der Waals surface area contributed by atoms with E-state index in [-0.39, 0.29) is 19.9 Å². The Labute approximate surface area is 188 Å². The number of amides is 1. The zero-order valence-corrected chi connectivity index (χ0v) is 18.4. The predicted octanol–water partition coefficient (Wildman–Crippen LogP) is 5.36. The molecule has 5 heteroatoms. The van der Waals surface area contributed by atoms with E-state index in [2.05, 4.69) is 10.6 Å². The fourth-order valence-corrected chi connectivity index (χ4v) is 5.44. The number of carbonyl (C=O) groups is 1. The molecule has 1 amide bonds. The molecule has 4 nitrogen and oxygen atoms in total. The summed E-state index contributed by atoms with van der Waals surface area (Å²) in [4.78, 5) is 12.9. The summed E-state index contributed by atoms with van der Waals surface area (Å²) >= 11 is 6.35. The summed E-state index contributed by atoms with van der Waals surface area (Å²) in [5, 5.41) is 16.0. The van der Waals surface area contributed by atoms with Crippen molar-refractivity contribution < 1.29 is 9.90 Å². The number of hydrogen-bond acceptors (Lipinski definition) is 3. The number of aryl methyl sites for hydroxylation is 1. The third-order valence-electron chi connectivity index (χ3n) is 6.84. The lowest BCUT2D eigenvalue weighted by atomic mass is 9.62. The molecule has 0 saturated heterocycles. The summed E-state index contributed by atoms with van der Waals surface area (Å²) in [6, 6.07) is 5.85. The Kier molecular flexibility index (Phi) is 10.6. The van der Waals surface area contributed by atoms with Gasteiger partial charge in [0.25, 0.3) is 5.91 Å². The first-order valence-electron chi connectivity index (χ1n) is 11.5. The molecule has 0 heterocycles. The average molecular weight is 437 g/mol. The van der Waals surface area contributed by atoms with Crippen molar-refractivity contribution in [3.63, 3.8) is 0 Å². The van der Waals surface area contributed by atoms with Gasteiger partial charge in [-0.2, -0.15) is 0 Å². The van der Waals surface area contributed by atoms with Crippen molar-refractivity contribution in [2.45, 2.75) is 78.1 Å². The molecule has 2 aliphatic carbocycles. The van der Waals surface area contributed by atoms with Crippen molar-refractivity contribution in [1.82, 2.24) is 10.6 Å². The number of fused-ring (bicyclic) bond motifs is 2. The van der Waals surface area contributed by atoms with Gasteiger partial charge in [0.2, 0.25) is 0 Å². The first-order valence-corrected chi connectivity index (χ1v) is 11.9. The third-order valence-corrected chi connectivity index (χ3v) is 7.17. The van der Waals surface area contributed by atoms with E-state index in [4.69, 9.17) is 16.7 Å². The van der Waals surface area contributed by atoms with E-state index in [0.717, 1.165) is 56.8 Å². The number of carbonyl (C=O) groups excluding carboxylic acids is 1. The van der Waals surface area contributed by atoms with Gasteiger partial charge in [0.15, 0.2) is 0 Å². The van der Waals surface area contributed by atoms with Crippen molar-refractivity contribution in [3.05, 3.63) is 34.3 Å². The van der Waals surface area contributed by atoms with Gasteiger partial charge >= 0.3 is 0 Å². The van der Waals surface area contributed by atoms with Gasteiger partial charge in [0, 0.05) is 13.2 Å². The Morgan fingerprint density at radius 3 is 2.60 bits per heavy atom. The standard InChI is InChI=1S/C24H37ClN2O2.CH4/c25-22-10-9-19(8-5-14-26-13-1-2-15-28)16-21(22)23(29)27-18-24-11-3-6-20(17-24)7-4-12-24;/h9-10,16,20,26,28H,1-8,11-15,17-18H2,(H,27,29);1H4. The molecule has 2 aliphatic rings. The first kappa shape index (κ1) is 25.2. The number of halogens is 1. The summed E-state index contributed by atoms with van der Waals surface area (Å²) in [5.74, 6) is 0.847. The Bertz CT molecular complexity index is 655. The molecule has 2 bridgehead atoms. The van der Waals surface area contributed by atoms with E-state index in [1.807, 2.05) is 18.2 Å². The highest BCUT2D eigenvalue weighted by Gasteiger charge is 2.39. The summed E-state index contributed by atoms with van der Waals surface area (Å²) in [6.07, 6.45) is 13.0. The van der Waals surface area contributed by atoms with Crippen LogP contribution in [0.2, 0.25) is 5.02 Å². The fourth-order valence-electron chi connectivity index (χ4n) is 5.24. The highest BCUT2D eigenvalue weighted by atomic mass is 35.5. The maximum atomic E-state index is 12.9. The summed E-state index contributed by atoms with van der Waals surface area (Å²) in [7, 11) is 0. The number of hydrogen-bond donors (Lipinski definition) is 3. The van der Waals surface area contributed by atoms with Crippen LogP contribution >= 0.6 is 11.6 Å². The van der Waals surface area contributed by atoms with Crippen LogP contribution in [0.4, 0.5) is 0 Å². The zero-order chi connectivity index (χ0) is 20.5. The molecule has 3 N–H and O–H groups in total. The Balaban J connectivity index is 0.00000320. The van der Waals surface area contributed by atoms with Crippen LogP contribution < -0.4 is 10.6 Å². The lowest BCUT2D eigenvalue weighted by Gasteiger charge is -2.45. The molecule has 0 spiro atoms. The summed E-state index contributed by atoms with van der Waals surface area (Å²) in [6.45, 7) is 2.94. The highest BCUT2D eigenvalue weighted by molar-refractivity contribution is 6.33. The normalized spacial score (nSPS) is 22.9. The van der Waals surface area contributed by atoms with Crippen LogP contribution in [0.25, 0.3) is 0 Å². The number of aliphatic hydroxyl groups excluding tert-OH is 1. The maximum Gasteiger partial charge on any atom is 0.252 e. The van der Waals surface area contributed by atoms with E-state index in [0.29, 0.717) is 16.0 Å². The van der Waals surface area contributed by atoms with Crippen LogP contribution in [-0.2, 0) is 6.42 Å². The molecule has 3 rings (SSSR count). The lowest BCUT2D eigenvalue weighted by molar-refractivity contribution is 0.0681. The van der Waals surface area contributed by atoms with Crippen LogP contribution in [0.15, 0.2) is 18.2 Å². The minimum absolute atomic E-state index is 0. The van der Waals surface area contributed by atoms with Crippen molar-refractivity contribution in [3.8, 4) is 0 Å². The van der Waals surface area contributed by atoms with Gasteiger partial charge in [-0.15, -0.1) is 0 Å². The molecule has 30 heavy (non-hydrogen) atoms. The minimum atomic E-state index is -0.0268. The number of benzene rings is 1. The van der Waals surface area contributed by atoms with E-state index >= 15 is 0 Å². The lowest BCUT2D eigenvalue weighted by Crippen LogP contribution is -2.43. The molecular formula is C25H41ClN2O2. The Morgan fingerprint density at radius 1 is 1.13 bits per heavy atom. The summed E-state index contributed by atoms with van der Waals surface area (Å²) < 4.78 is 0. The smallest absolute Gasteiger partial charge is 0.252 e. The monoisotopic (exact) mass is 436 g/mol. The van der Waals surface area contributed by atoms with Gasteiger partial charge in [0.05, 0.1) is 10.6 Å². The third kappa shape index (κ3) is 7.25. The molecule has 0 aromatic heterocycles. The molecule has 0 radical (unpaired) electrons. The van der Waals surface area contributed by atoms with Crippen molar-refractivity contribution >= 4 is 17.5 Å². The van der Waals surface area contributed by atoms with Crippen LogP contribution in [0, 0.1) is 11.3 Å². The zero-order valence-electron chi connectivity index (χ0n) is 17.6. The SMILES string of the molecule is C.O=C(NCC12CCCC(CCC1)C2)c1cc(CCCNCCCCO)ccc1Cl. The maximum absolute atomic E-state index is 12.9. The van der Waals surface area contributed by atoms with Gasteiger partial charge in [-0.1, -0.05) is 50.8 Å². The number of nitrogens with one attached hydrogen (secondary N) is 2. The molecular weight excluding hydrogens is 396 g/mol. The molecule has 0 atom stereocenters. The molecule has 0 aliphatic heterocycles. The number of rotatable bonds is 11. The van der Waals surface area contributed by atoms with Gasteiger partial charge in [-0.3, -0.25) is 4.79 Å². The van der Waals surface area contributed by atoms with Gasteiger partial charge in [0.1, 0.15) is 0 Å². The second-order valence-corrected chi connectivity index (χ2v) is 9.54.